The lowest BCUT2D eigenvalue weighted by molar-refractivity contribution is 0.317. The van der Waals surface area contributed by atoms with E-state index >= 15 is 0 Å². The van der Waals surface area contributed by atoms with Crippen LogP contribution in [0.15, 0.2) is 34.9 Å². The van der Waals surface area contributed by atoms with Gasteiger partial charge in [-0.3, -0.25) is 0 Å². The highest BCUT2D eigenvalue weighted by Crippen LogP contribution is 2.15. The van der Waals surface area contributed by atoms with E-state index in [4.69, 9.17) is 9.15 Å². The van der Waals surface area contributed by atoms with Crippen molar-refractivity contribution in [2.45, 2.75) is 39.8 Å². The van der Waals surface area contributed by atoms with Crippen LogP contribution in [0, 0.1) is 6.92 Å². The number of ether oxygens (including phenoxy) is 1. The van der Waals surface area contributed by atoms with Crippen LogP contribution in [-0.2, 0) is 6.54 Å². The van der Waals surface area contributed by atoms with E-state index in [0.29, 0.717) is 0 Å². The molecule has 1 aromatic carbocycles. The van der Waals surface area contributed by atoms with Crippen molar-refractivity contribution in [1.29, 1.82) is 0 Å². The number of aromatic nitrogens is 1. The van der Waals surface area contributed by atoms with Crippen molar-refractivity contribution in [2.75, 3.05) is 6.61 Å². The Morgan fingerprint density at radius 2 is 2.05 bits per heavy atom. The molecular weight excluding hydrogens is 252 g/mol. The number of oxazole rings is 1. The zero-order valence-corrected chi connectivity index (χ0v) is 12.3. The monoisotopic (exact) mass is 274 g/mol. The largest absolute Gasteiger partial charge is 0.494 e. The van der Waals surface area contributed by atoms with Crippen molar-refractivity contribution in [2.24, 2.45) is 0 Å². The minimum Gasteiger partial charge on any atom is -0.494 e. The van der Waals surface area contributed by atoms with Crippen LogP contribution in [0.3, 0.4) is 0 Å². The predicted molar refractivity (Wildman–Crippen MR) is 78.7 cm³/mol. The fourth-order valence-electron chi connectivity index (χ4n) is 1.85. The van der Waals surface area contributed by atoms with Gasteiger partial charge in [0.05, 0.1) is 18.8 Å². The smallest absolute Gasteiger partial charge is 0.211 e. The van der Waals surface area contributed by atoms with Gasteiger partial charge in [0.15, 0.2) is 0 Å². The lowest BCUT2D eigenvalue weighted by Gasteiger charge is -2.11. The van der Waals surface area contributed by atoms with E-state index in [2.05, 4.69) is 29.4 Å². The van der Waals surface area contributed by atoms with E-state index in [1.807, 2.05) is 26.0 Å². The molecule has 108 valence electrons. The molecule has 0 spiro atoms. The maximum absolute atomic E-state index is 5.56. The van der Waals surface area contributed by atoms with Crippen LogP contribution in [0.5, 0.6) is 5.75 Å². The molecule has 1 aromatic heterocycles. The highest BCUT2D eigenvalue weighted by molar-refractivity contribution is 5.27. The summed E-state index contributed by atoms with van der Waals surface area (Å²) in [5.41, 5.74) is 1.21. The molecule has 0 aliphatic carbocycles. The Bertz CT molecular complexity index is 520. The molecule has 1 N–H and O–H groups in total. The Hall–Kier alpha value is -1.81. The molecule has 2 rings (SSSR count). The zero-order chi connectivity index (χ0) is 14.4. The van der Waals surface area contributed by atoms with E-state index in [1.165, 1.54) is 5.56 Å². The van der Waals surface area contributed by atoms with Crippen LogP contribution in [0.1, 0.15) is 43.5 Å². The third-order valence-corrected chi connectivity index (χ3v) is 3.02. The lowest BCUT2D eigenvalue weighted by Crippen LogP contribution is -2.18. The van der Waals surface area contributed by atoms with E-state index in [-0.39, 0.29) is 6.04 Å². The van der Waals surface area contributed by atoms with Crippen LogP contribution in [0.4, 0.5) is 0 Å². The Morgan fingerprint density at radius 3 is 2.65 bits per heavy atom. The van der Waals surface area contributed by atoms with Crippen LogP contribution >= 0.6 is 0 Å². The standard InChI is InChI=1S/C16H22N2O2/c1-4-9-19-15-7-5-14(6-8-15)11-17-13(3)16-18-10-12(2)20-16/h5-8,10,13,17H,4,9,11H2,1-3H3. The summed E-state index contributed by atoms with van der Waals surface area (Å²) in [6, 6.07) is 8.26. The molecule has 4 nitrogen and oxygen atoms in total. The van der Waals surface area contributed by atoms with Crippen molar-refractivity contribution < 1.29 is 9.15 Å². The van der Waals surface area contributed by atoms with Gasteiger partial charge >= 0.3 is 0 Å². The Kier molecular flexibility index (Phi) is 5.18. The maximum atomic E-state index is 5.56. The Balaban J connectivity index is 1.84. The first-order chi connectivity index (χ1) is 9.69. The quantitative estimate of drug-likeness (QED) is 0.837. The summed E-state index contributed by atoms with van der Waals surface area (Å²) in [7, 11) is 0. The van der Waals surface area contributed by atoms with Gasteiger partial charge in [0.2, 0.25) is 5.89 Å². The van der Waals surface area contributed by atoms with Crippen molar-refractivity contribution >= 4 is 0 Å². The molecule has 4 heteroatoms. The zero-order valence-electron chi connectivity index (χ0n) is 12.3. The topological polar surface area (TPSA) is 47.3 Å². The highest BCUT2D eigenvalue weighted by Gasteiger charge is 2.10. The first-order valence-corrected chi connectivity index (χ1v) is 7.06. The molecule has 20 heavy (non-hydrogen) atoms. The lowest BCUT2D eigenvalue weighted by atomic mass is 10.2. The molecule has 1 unspecified atom stereocenters. The van der Waals surface area contributed by atoms with E-state index in [9.17, 15) is 0 Å². The Morgan fingerprint density at radius 1 is 1.30 bits per heavy atom. The van der Waals surface area contributed by atoms with Gasteiger partial charge in [0.25, 0.3) is 0 Å². The summed E-state index contributed by atoms with van der Waals surface area (Å²) in [5.74, 6) is 2.49. The van der Waals surface area contributed by atoms with Gasteiger partial charge in [-0.2, -0.15) is 0 Å². The van der Waals surface area contributed by atoms with Gasteiger partial charge in [0, 0.05) is 6.54 Å². The number of benzene rings is 1. The SMILES string of the molecule is CCCOc1ccc(CNC(C)c2ncc(C)o2)cc1. The van der Waals surface area contributed by atoms with E-state index in [0.717, 1.165) is 37.0 Å². The second kappa shape index (κ2) is 7.10. The Labute approximate surface area is 120 Å². The summed E-state index contributed by atoms with van der Waals surface area (Å²) >= 11 is 0. The second-order valence-corrected chi connectivity index (χ2v) is 4.90. The van der Waals surface area contributed by atoms with Crippen molar-refractivity contribution in [3.05, 3.63) is 47.7 Å². The van der Waals surface area contributed by atoms with Crippen LogP contribution in [0.2, 0.25) is 0 Å². The normalized spacial score (nSPS) is 12.3. The first-order valence-electron chi connectivity index (χ1n) is 7.06. The van der Waals surface area contributed by atoms with Crippen molar-refractivity contribution in [3.8, 4) is 5.75 Å². The molecular formula is C16H22N2O2. The summed E-state index contributed by atoms with van der Waals surface area (Å²) < 4.78 is 11.1. The minimum absolute atomic E-state index is 0.0970. The number of nitrogens with one attached hydrogen (secondary N) is 1. The molecule has 0 amide bonds. The van der Waals surface area contributed by atoms with Gasteiger partial charge in [-0.1, -0.05) is 19.1 Å². The molecule has 0 saturated carbocycles. The summed E-state index contributed by atoms with van der Waals surface area (Å²) in [5, 5.41) is 3.39. The van der Waals surface area contributed by atoms with E-state index < -0.39 is 0 Å². The average Bonchev–Trinajstić information content (AvgIpc) is 2.90. The first kappa shape index (κ1) is 14.6. The van der Waals surface area contributed by atoms with Crippen LogP contribution < -0.4 is 10.1 Å². The minimum atomic E-state index is 0.0970. The molecule has 0 fully saturated rings. The molecule has 0 aliphatic heterocycles. The fraction of sp³-hybridized carbons (Fsp3) is 0.438. The maximum Gasteiger partial charge on any atom is 0.211 e. The van der Waals surface area contributed by atoms with Crippen LogP contribution in [0.25, 0.3) is 0 Å². The molecule has 0 saturated heterocycles. The van der Waals surface area contributed by atoms with E-state index in [1.54, 1.807) is 6.20 Å². The molecule has 1 atom stereocenters. The molecule has 0 aliphatic rings. The summed E-state index contributed by atoms with van der Waals surface area (Å²) in [6.07, 6.45) is 2.77. The third-order valence-electron chi connectivity index (χ3n) is 3.02. The molecule has 1 heterocycles. The molecule has 2 aromatic rings. The predicted octanol–water partition coefficient (Wildman–Crippen LogP) is 3.62. The van der Waals surface area contributed by atoms with Gasteiger partial charge in [0.1, 0.15) is 11.5 Å². The molecule has 0 radical (unpaired) electrons. The van der Waals surface area contributed by atoms with Crippen molar-refractivity contribution in [3.63, 3.8) is 0 Å². The van der Waals surface area contributed by atoms with Gasteiger partial charge in [-0.25, -0.2) is 4.98 Å². The van der Waals surface area contributed by atoms with Gasteiger partial charge in [-0.15, -0.1) is 0 Å². The second-order valence-electron chi connectivity index (χ2n) is 4.90. The average molecular weight is 274 g/mol. The highest BCUT2D eigenvalue weighted by atomic mass is 16.5. The number of aryl methyl sites for hydroxylation is 1. The number of hydrogen-bond acceptors (Lipinski definition) is 4. The number of rotatable bonds is 7. The fourth-order valence-corrected chi connectivity index (χ4v) is 1.85. The van der Waals surface area contributed by atoms with Crippen molar-refractivity contribution in [1.82, 2.24) is 10.3 Å². The van der Waals surface area contributed by atoms with Gasteiger partial charge in [-0.05, 0) is 38.0 Å². The summed E-state index contributed by atoms with van der Waals surface area (Å²) in [4.78, 5) is 4.23. The number of hydrogen-bond donors (Lipinski definition) is 1. The number of nitrogens with zero attached hydrogens (tertiary/aromatic N) is 1. The van der Waals surface area contributed by atoms with Gasteiger partial charge < -0.3 is 14.5 Å². The molecule has 0 bridgehead atoms. The van der Waals surface area contributed by atoms with Crippen LogP contribution in [-0.4, -0.2) is 11.6 Å². The summed E-state index contributed by atoms with van der Waals surface area (Å²) in [6.45, 7) is 7.58. The third kappa shape index (κ3) is 4.10.